The number of aromatic hydroxyl groups is 1. The minimum atomic E-state index is -0.238. The first-order valence-corrected chi connectivity index (χ1v) is 5.52. The summed E-state index contributed by atoms with van der Waals surface area (Å²) >= 11 is 4.84. The fourth-order valence-electron chi connectivity index (χ4n) is 1.72. The Balaban J connectivity index is 2.40. The molecule has 1 aromatic carbocycles. The van der Waals surface area contributed by atoms with Gasteiger partial charge in [0.25, 0.3) is 5.91 Å². The molecule has 0 aliphatic carbocycles. The van der Waals surface area contributed by atoms with Crippen LogP contribution in [0.3, 0.4) is 0 Å². The molecule has 1 aliphatic heterocycles. The number of carbonyl (C=O) groups is 1. The van der Waals surface area contributed by atoms with Crippen LogP contribution in [0.15, 0.2) is 17.8 Å². The van der Waals surface area contributed by atoms with Crippen LogP contribution in [0.1, 0.15) is 16.7 Å². The number of nitrogens with one attached hydrogen (secondary N) is 2. The molecule has 5 heteroatoms. The molecule has 0 spiro atoms. The summed E-state index contributed by atoms with van der Waals surface area (Å²) in [7, 11) is 0. The van der Waals surface area contributed by atoms with Gasteiger partial charge in [0.2, 0.25) is 0 Å². The minimum absolute atomic E-state index is 0.238. The highest BCUT2D eigenvalue weighted by Gasteiger charge is 2.19. The number of phenols is 1. The Morgan fingerprint density at radius 1 is 1.24 bits per heavy atom. The molecule has 1 fully saturated rings. The van der Waals surface area contributed by atoms with Gasteiger partial charge in [0.1, 0.15) is 11.4 Å². The van der Waals surface area contributed by atoms with Gasteiger partial charge in [0.15, 0.2) is 5.11 Å². The van der Waals surface area contributed by atoms with E-state index >= 15 is 0 Å². The standard InChI is InChI=1S/C12H12N2O2S/c1-6-3-8(4-7(2)10(6)15)5-9-11(16)14-12(17)13-9/h3-5,15H,1-2H3,(H2,13,14,16,17)/b9-5-. The van der Waals surface area contributed by atoms with Crippen LogP contribution in [0.5, 0.6) is 5.75 Å². The SMILES string of the molecule is Cc1cc(/C=C2\NC(=S)NC2=O)cc(C)c1O. The first-order valence-electron chi connectivity index (χ1n) is 5.11. The third kappa shape index (κ3) is 2.29. The van der Waals surface area contributed by atoms with Crippen LogP contribution in [0.4, 0.5) is 0 Å². The molecule has 0 saturated carbocycles. The largest absolute Gasteiger partial charge is 0.507 e. The quantitative estimate of drug-likeness (QED) is 0.518. The second-order valence-corrected chi connectivity index (χ2v) is 4.38. The molecule has 0 bridgehead atoms. The van der Waals surface area contributed by atoms with Gasteiger partial charge in [-0.05, 0) is 61.0 Å². The van der Waals surface area contributed by atoms with Gasteiger partial charge >= 0.3 is 0 Å². The van der Waals surface area contributed by atoms with Crippen LogP contribution in [0.25, 0.3) is 6.08 Å². The fraction of sp³-hybridized carbons (Fsp3) is 0.167. The summed E-state index contributed by atoms with van der Waals surface area (Å²) in [5, 5.41) is 15.2. The van der Waals surface area contributed by atoms with Crippen molar-refractivity contribution in [2.45, 2.75) is 13.8 Å². The number of phenolic OH excluding ortho intramolecular Hbond substituents is 1. The van der Waals surface area contributed by atoms with Gasteiger partial charge in [-0.2, -0.15) is 0 Å². The smallest absolute Gasteiger partial charge is 0.273 e. The van der Waals surface area contributed by atoms with E-state index in [4.69, 9.17) is 12.2 Å². The third-order valence-corrected chi connectivity index (χ3v) is 2.75. The number of hydrogen-bond donors (Lipinski definition) is 3. The molecule has 88 valence electrons. The summed E-state index contributed by atoms with van der Waals surface area (Å²) in [4.78, 5) is 11.4. The number of benzene rings is 1. The average Bonchev–Trinajstić information content (AvgIpc) is 2.54. The highest BCUT2D eigenvalue weighted by molar-refractivity contribution is 7.80. The molecule has 1 aliphatic rings. The van der Waals surface area contributed by atoms with E-state index in [-0.39, 0.29) is 11.7 Å². The van der Waals surface area contributed by atoms with E-state index in [0.29, 0.717) is 10.8 Å². The first-order chi connectivity index (χ1) is 7.97. The van der Waals surface area contributed by atoms with Crippen molar-refractivity contribution in [3.8, 4) is 5.75 Å². The van der Waals surface area contributed by atoms with E-state index in [1.807, 2.05) is 26.0 Å². The molecule has 0 aromatic heterocycles. The zero-order valence-electron chi connectivity index (χ0n) is 9.50. The highest BCUT2D eigenvalue weighted by atomic mass is 32.1. The monoisotopic (exact) mass is 248 g/mol. The highest BCUT2D eigenvalue weighted by Crippen LogP contribution is 2.24. The molecule has 0 atom stereocenters. The van der Waals surface area contributed by atoms with Crippen molar-refractivity contribution in [3.05, 3.63) is 34.5 Å². The first kappa shape index (κ1) is 11.6. The van der Waals surface area contributed by atoms with Crippen LogP contribution < -0.4 is 10.6 Å². The molecular formula is C12H12N2O2S. The molecule has 1 heterocycles. The molecule has 2 rings (SSSR count). The Morgan fingerprint density at radius 3 is 2.29 bits per heavy atom. The Labute approximate surface area is 104 Å². The van der Waals surface area contributed by atoms with Crippen molar-refractivity contribution in [2.24, 2.45) is 0 Å². The van der Waals surface area contributed by atoms with Crippen LogP contribution in [0, 0.1) is 13.8 Å². The topological polar surface area (TPSA) is 61.4 Å². The molecule has 0 radical (unpaired) electrons. The Bertz CT molecular complexity index is 526. The van der Waals surface area contributed by atoms with E-state index in [1.54, 1.807) is 6.08 Å². The number of aryl methyl sites for hydroxylation is 2. The number of thiocarbonyl (C=S) groups is 1. The van der Waals surface area contributed by atoms with Gasteiger partial charge < -0.3 is 10.4 Å². The normalized spacial score (nSPS) is 17.2. The summed E-state index contributed by atoms with van der Waals surface area (Å²) in [5.41, 5.74) is 2.82. The van der Waals surface area contributed by atoms with Crippen LogP contribution in [0.2, 0.25) is 0 Å². The van der Waals surface area contributed by atoms with Gasteiger partial charge in [-0.1, -0.05) is 0 Å². The van der Waals surface area contributed by atoms with Crippen molar-refractivity contribution in [1.29, 1.82) is 0 Å². The van der Waals surface area contributed by atoms with E-state index in [2.05, 4.69) is 10.6 Å². The lowest BCUT2D eigenvalue weighted by atomic mass is 10.0. The van der Waals surface area contributed by atoms with E-state index in [1.165, 1.54) is 0 Å². The summed E-state index contributed by atoms with van der Waals surface area (Å²) < 4.78 is 0. The molecule has 1 amide bonds. The van der Waals surface area contributed by atoms with Crippen molar-refractivity contribution in [1.82, 2.24) is 10.6 Å². The predicted molar refractivity (Wildman–Crippen MR) is 69.4 cm³/mol. The maximum absolute atomic E-state index is 11.4. The molecular weight excluding hydrogens is 236 g/mol. The van der Waals surface area contributed by atoms with Gasteiger partial charge in [-0.25, -0.2) is 0 Å². The van der Waals surface area contributed by atoms with Crippen molar-refractivity contribution < 1.29 is 9.90 Å². The summed E-state index contributed by atoms with van der Waals surface area (Å²) in [6, 6.07) is 3.62. The zero-order chi connectivity index (χ0) is 12.6. The Morgan fingerprint density at radius 2 is 1.82 bits per heavy atom. The third-order valence-electron chi connectivity index (χ3n) is 2.54. The summed E-state index contributed by atoms with van der Waals surface area (Å²) in [5.74, 6) is 0.0462. The van der Waals surface area contributed by atoms with Gasteiger partial charge in [0, 0.05) is 0 Å². The lowest BCUT2D eigenvalue weighted by molar-refractivity contribution is -0.115. The molecule has 1 saturated heterocycles. The Hall–Kier alpha value is -1.88. The second kappa shape index (κ2) is 4.18. The van der Waals surface area contributed by atoms with E-state index < -0.39 is 0 Å². The number of hydrogen-bond acceptors (Lipinski definition) is 3. The number of amides is 1. The van der Waals surface area contributed by atoms with Gasteiger partial charge in [0.05, 0.1) is 0 Å². The fourth-order valence-corrected chi connectivity index (χ4v) is 1.92. The maximum atomic E-state index is 11.4. The van der Waals surface area contributed by atoms with Crippen LogP contribution in [-0.4, -0.2) is 16.1 Å². The number of carbonyl (C=O) groups excluding carboxylic acids is 1. The summed E-state index contributed by atoms with van der Waals surface area (Å²) in [6.45, 7) is 3.63. The molecule has 4 nitrogen and oxygen atoms in total. The van der Waals surface area contributed by atoms with E-state index in [0.717, 1.165) is 16.7 Å². The van der Waals surface area contributed by atoms with Crippen molar-refractivity contribution in [3.63, 3.8) is 0 Å². The summed E-state index contributed by atoms with van der Waals surface area (Å²) in [6.07, 6.45) is 1.70. The van der Waals surface area contributed by atoms with Crippen LogP contribution in [-0.2, 0) is 4.79 Å². The van der Waals surface area contributed by atoms with Crippen molar-refractivity contribution >= 4 is 29.3 Å². The Kier molecular flexibility index (Phi) is 2.85. The van der Waals surface area contributed by atoms with Crippen LogP contribution >= 0.6 is 12.2 Å². The lowest BCUT2D eigenvalue weighted by Gasteiger charge is -2.05. The van der Waals surface area contributed by atoms with Gasteiger partial charge in [-0.15, -0.1) is 0 Å². The van der Waals surface area contributed by atoms with Crippen molar-refractivity contribution in [2.75, 3.05) is 0 Å². The van der Waals surface area contributed by atoms with E-state index in [9.17, 15) is 9.90 Å². The maximum Gasteiger partial charge on any atom is 0.273 e. The molecule has 1 aromatic rings. The average molecular weight is 248 g/mol. The number of rotatable bonds is 1. The molecule has 3 N–H and O–H groups in total. The molecule has 0 unspecified atom stereocenters. The minimum Gasteiger partial charge on any atom is -0.507 e. The molecule has 17 heavy (non-hydrogen) atoms. The second-order valence-electron chi connectivity index (χ2n) is 3.97. The zero-order valence-corrected chi connectivity index (χ0v) is 10.3. The lowest BCUT2D eigenvalue weighted by Crippen LogP contribution is -2.21. The van der Waals surface area contributed by atoms with Gasteiger partial charge in [-0.3, -0.25) is 10.1 Å². The predicted octanol–water partition coefficient (Wildman–Crippen LogP) is 1.35.